The van der Waals surface area contributed by atoms with Gasteiger partial charge in [0.2, 0.25) is 0 Å². The third-order valence-electron chi connectivity index (χ3n) is 2.16. The summed E-state index contributed by atoms with van der Waals surface area (Å²) in [6, 6.07) is 0. The quantitative estimate of drug-likeness (QED) is 0.720. The third-order valence-corrected chi connectivity index (χ3v) is 2.16. The van der Waals surface area contributed by atoms with E-state index >= 15 is 0 Å². The summed E-state index contributed by atoms with van der Waals surface area (Å²) < 4.78 is 0. The van der Waals surface area contributed by atoms with Crippen molar-refractivity contribution >= 4 is 0 Å². The smallest absolute Gasteiger partial charge is 0.314 e. The van der Waals surface area contributed by atoms with Crippen molar-refractivity contribution in [3.63, 3.8) is 0 Å². The molecule has 72 valence electrons. The zero-order valence-corrected chi connectivity index (χ0v) is 7.89. The third kappa shape index (κ3) is 2.57. The number of hydrogen-bond donors (Lipinski definition) is 2. The van der Waals surface area contributed by atoms with Crippen molar-refractivity contribution in [2.45, 2.75) is 26.7 Å². The zero-order valence-electron chi connectivity index (χ0n) is 7.89. The van der Waals surface area contributed by atoms with E-state index in [4.69, 9.17) is 0 Å². The Morgan fingerprint density at radius 3 is 2.69 bits per heavy atom. The lowest BCUT2D eigenvalue weighted by Gasteiger charge is -2.05. The van der Waals surface area contributed by atoms with Crippen molar-refractivity contribution in [1.82, 2.24) is 9.97 Å². The Bertz CT molecular complexity index is 378. The van der Waals surface area contributed by atoms with Crippen LogP contribution in [0.25, 0.3) is 0 Å². The molecule has 0 aliphatic rings. The molecule has 0 spiro atoms. The molecule has 0 aromatic carbocycles. The van der Waals surface area contributed by atoms with Gasteiger partial charge >= 0.3 is 5.69 Å². The Hall–Kier alpha value is -1.32. The highest BCUT2D eigenvalue weighted by molar-refractivity contribution is 5.03. The van der Waals surface area contributed by atoms with E-state index < -0.39 is 5.69 Å². The van der Waals surface area contributed by atoms with Crippen LogP contribution in [0.15, 0.2) is 15.8 Å². The molecule has 13 heavy (non-hydrogen) atoms. The molecule has 0 saturated carbocycles. The second kappa shape index (κ2) is 4.07. The van der Waals surface area contributed by atoms with Gasteiger partial charge in [-0.25, -0.2) is 4.79 Å². The van der Waals surface area contributed by atoms with E-state index in [2.05, 4.69) is 23.8 Å². The molecule has 1 rings (SSSR count). The van der Waals surface area contributed by atoms with Crippen LogP contribution in [0.4, 0.5) is 0 Å². The average Bonchev–Trinajstić information content (AvgIpc) is 2.09. The molecular formula is C9H14N2O2. The van der Waals surface area contributed by atoms with Crippen molar-refractivity contribution in [3.05, 3.63) is 32.6 Å². The average molecular weight is 182 g/mol. The number of H-pyrrole nitrogens is 2. The van der Waals surface area contributed by atoms with Crippen molar-refractivity contribution in [3.8, 4) is 0 Å². The van der Waals surface area contributed by atoms with Gasteiger partial charge in [-0.05, 0) is 12.3 Å². The van der Waals surface area contributed by atoms with Gasteiger partial charge in [0.25, 0.3) is 5.56 Å². The van der Waals surface area contributed by atoms with E-state index in [0.717, 1.165) is 6.42 Å². The number of rotatable bonds is 3. The first kappa shape index (κ1) is 9.77. The molecule has 0 aliphatic carbocycles. The van der Waals surface area contributed by atoms with Crippen LogP contribution in [-0.2, 0) is 6.42 Å². The van der Waals surface area contributed by atoms with E-state index in [-0.39, 0.29) is 5.56 Å². The minimum atomic E-state index is -0.446. The molecular weight excluding hydrogens is 168 g/mol. The lowest BCUT2D eigenvalue weighted by molar-refractivity contribution is 0.555. The number of aromatic amines is 2. The lowest BCUT2D eigenvalue weighted by Crippen LogP contribution is -2.25. The van der Waals surface area contributed by atoms with Crippen molar-refractivity contribution < 1.29 is 0 Å². The van der Waals surface area contributed by atoms with Crippen molar-refractivity contribution in [2.24, 2.45) is 5.92 Å². The molecule has 1 aromatic heterocycles. The highest BCUT2D eigenvalue weighted by atomic mass is 16.2. The minimum Gasteiger partial charge on any atom is -0.314 e. The fraction of sp³-hybridized carbons (Fsp3) is 0.556. The van der Waals surface area contributed by atoms with Gasteiger partial charge in [-0.3, -0.25) is 9.78 Å². The van der Waals surface area contributed by atoms with Gasteiger partial charge < -0.3 is 4.98 Å². The molecule has 0 bridgehead atoms. The topological polar surface area (TPSA) is 65.7 Å². The summed E-state index contributed by atoms with van der Waals surface area (Å²) in [7, 11) is 0. The van der Waals surface area contributed by atoms with Crippen LogP contribution in [-0.4, -0.2) is 9.97 Å². The fourth-order valence-corrected chi connectivity index (χ4v) is 1.11. The van der Waals surface area contributed by atoms with Crippen LogP contribution < -0.4 is 11.2 Å². The van der Waals surface area contributed by atoms with Crippen LogP contribution in [0, 0.1) is 5.92 Å². The highest BCUT2D eigenvalue weighted by Crippen LogP contribution is 2.05. The number of nitrogens with one attached hydrogen (secondary N) is 2. The van der Waals surface area contributed by atoms with Crippen LogP contribution in [0.5, 0.6) is 0 Å². The number of aromatic nitrogens is 2. The maximum atomic E-state index is 11.2. The van der Waals surface area contributed by atoms with E-state index in [1.165, 1.54) is 6.20 Å². The van der Waals surface area contributed by atoms with Gasteiger partial charge in [-0.15, -0.1) is 0 Å². The Morgan fingerprint density at radius 1 is 1.46 bits per heavy atom. The predicted molar refractivity (Wildman–Crippen MR) is 50.8 cm³/mol. The van der Waals surface area contributed by atoms with Crippen LogP contribution in [0.3, 0.4) is 0 Å². The maximum Gasteiger partial charge on any atom is 0.325 e. The van der Waals surface area contributed by atoms with E-state index in [9.17, 15) is 9.59 Å². The van der Waals surface area contributed by atoms with Crippen molar-refractivity contribution in [1.29, 1.82) is 0 Å². The summed E-state index contributed by atoms with van der Waals surface area (Å²) in [6.07, 6.45) is 3.23. The second-order valence-electron chi connectivity index (χ2n) is 3.31. The van der Waals surface area contributed by atoms with Crippen LogP contribution in [0.1, 0.15) is 25.8 Å². The Labute approximate surface area is 76.0 Å². The van der Waals surface area contributed by atoms with Gasteiger partial charge in [0.15, 0.2) is 0 Å². The van der Waals surface area contributed by atoms with Crippen LogP contribution >= 0.6 is 0 Å². The highest BCUT2D eigenvalue weighted by Gasteiger charge is 2.04. The first-order valence-electron chi connectivity index (χ1n) is 4.44. The predicted octanol–water partition coefficient (Wildman–Crippen LogP) is 0.652. The molecule has 1 unspecified atom stereocenters. The van der Waals surface area contributed by atoms with Gasteiger partial charge in [-0.1, -0.05) is 20.3 Å². The fourth-order valence-electron chi connectivity index (χ4n) is 1.11. The zero-order chi connectivity index (χ0) is 9.84. The summed E-state index contributed by atoms with van der Waals surface area (Å²) in [5.74, 6) is 0.465. The molecule has 4 heteroatoms. The summed E-state index contributed by atoms with van der Waals surface area (Å²) in [4.78, 5) is 26.6. The maximum absolute atomic E-state index is 11.2. The SMILES string of the molecule is CCC(C)Cc1c[nH]c(=O)[nH]c1=O. The molecule has 1 atom stereocenters. The van der Waals surface area contributed by atoms with E-state index in [1.54, 1.807) is 0 Å². The lowest BCUT2D eigenvalue weighted by atomic mass is 10.0. The van der Waals surface area contributed by atoms with E-state index in [1.807, 2.05) is 0 Å². The molecule has 0 saturated heterocycles. The molecule has 0 amide bonds. The van der Waals surface area contributed by atoms with Crippen LogP contribution in [0.2, 0.25) is 0 Å². The van der Waals surface area contributed by atoms with Gasteiger partial charge in [0, 0.05) is 11.8 Å². The van der Waals surface area contributed by atoms with Gasteiger partial charge in [0.05, 0.1) is 0 Å². The first-order chi connectivity index (χ1) is 6.13. The molecule has 0 fully saturated rings. The summed E-state index contributed by atoms with van der Waals surface area (Å²) in [6.45, 7) is 4.15. The van der Waals surface area contributed by atoms with Crippen molar-refractivity contribution in [2.75, 3.05) is 0 Å². The first-order valence-corrected chi connectivity index (χ1v) is 4.44. The largest absolute Gasteiger partial charge is 0.325 e. The van der Waals surface area contributed by atoms with Gasteiger partial charge in [-0.2, -0.15) is 0 Å². The minimum absolute atomic E-state index is 0.274. The van der Waals surface area contributed by atoms with Gasteiger partial charge in [0.1, 0.15) is 0 Å². The van der Waals surface area contributed by atoms with E-state index in [0.29, 0.717) is 17.9 Å². The molecule has 1 heterocycles. The summed E-state index contributed by atoms with van der Waals surface area (Å²) in [5, 5.41) is 0. The monoisotopic (exact) mass is 182 g/mol. The summed E-state index contributed by atoms with van der Waals surface area (Å²) >= 11 is 0. The Kier molecular flexibility index (Phi) is 3.06. The summed E-state index contributed by atoms with van der Waals surface area (Å²) in [5.41, 5.74) is -0.0732. The Balaban J connectivity index is 2.90. The Morgan fingerprint density at radius 2 is 2.15 bits per heavy atom. The molecule has 4 nitrogen and oxygen atoms in total. The standard InChI is InChI=1S/C9H14N2O2/c1-3-6(2)4-7-5-10-9(13)11-8(7)12/h5-6H,3-4H2,1-2H3,(H2,10,11,12,13). The molecule has 0 radical (unpaired) electrons. The number of hydrogen-bond acceptors (Lipinski definition) is 2. The second-order valence-corrected chi connectivity index (χ2v) is 3.31. The molecule has 2 N–H and O–H groups in total. The molecule has 0 aliphatic heterocycles. The normalized spacial score (nSPS) is 12.8. The molecule has 1 aromatic rings.